The second-order valence-electron chi connectivity index (χ2n) is 29.9. The van der Waals surface area contributed by atoms with Crippen LogP contribution in [0.5, 0.6) is 0 Å². The molecule has 24 rings (SSSR count). The van der Waals surface area contributed by atoms with Crippen molar-refractivity contribution >= 4 is 109 Å². The average molecular weight is 1400 g/mol. The predicted octanol–water partition coefficient (Wildman–Crippen LogP) is 27.9. The first-order valence-corrected chi connectivity index (χ1v) is 38.3. The zero-order valence-corrected chi connectivity index (χ0v) is 60.2. The van der Waals surface area contributed by atoms with Gasteiger partial charge in [0.05, 0.1) is 44.1 Å². The molecule has 4 heterocycles. The molecule has 512 valence electrons. The molecule has 0 aliphatic heterocycles. The normalized spacial score (nSPS) is 12.3. The van der Waals surface area contributed by atoms with E-state index in [2.05, 4.69) is 407 Å². The number of hydrogen-bond acceptors (Lipinski definition) is 0. The lowest BCUT2D eigenvalue weighted by molar-refractivity contribution is 1.15. The minimum Gasteiger partial charge on any atom is -0.309 e. The monoisotopic (exact) mass is 1400 g/mol. The SMILES string of the molecule is c1ccc(-c2cccc(-n3c4ccc(-c5ccc6c(c5)c5ccccc5n6-c5ccc6ccccc6c5)cc4c4ccc5c(c43)-c3ccccc3C5)c2)cc1.c1ccc(-c2cccc(-n3c4ccc(-c5ccc6c(c5)c5ccccc5n6-c5ccc6ccccc6c5)cc4c4ccc5c(c43)Cc3ccccc3-5)c2)cc1. The zero-order valence-electron chi connectivity index (χ0n) is 60.2. The molecule has 0 radical (unpaired) electrons. The molecule has 4 heteroatoms. The van der Waals surface area contributed by atoms with Gasteiger partial charge >= 0.3 is 0 Å². The Labute approximate surface area is 635 Å². The number of aromatic nitrogens is 4. The van der Waals surface area contributed by atoms with Gasteiger partial charge in [0.1, 0.15) is 0 Å². The van der Waals surface area contributed by atoms with Crippen LogP contribution in [0.25, 0.3) is 198 Å². The molecular weight excluding hydrogens is 1330 g/mol. The summed E-state index contributed by atoms with van der Waals surface area (Å²) in [5.74, 6) is 0. The Bertz CT molecular complexity index is 7590. The highest BCUT2D eigenvalue weighted by Crippen LogP contribution is 2.49. The average Bonchev–Trinajstić information content (AvgIpc) is 1.56. The maximum Gasteiger partial charge on any atom is 0.0622 e. The molecule has 0 bridgehead atoms. The second-order valence-corrected chi connectivity index (χ2v) is 29.9. The molecule has 0 saturated heterocycles. The molecule has 4 aromatic heterocycles. The standard InChI is InChI=1S/2C53H34N2/c1-2-11-34(12-3-1)37-16-10-17-42(30-37)55-51-28-24-39(33-48(51)46-26-22-41-29-40-15-6-7-18-44(40)52(41)53(46)55)38-23-27-50-47(32-38)45-19-8-9-20-49(45)54(50)43-25-21-35-13-4-5-14-36(35)31-43;1-2-11-34(12-3-1)37-16-10-17-41(29-37)55-52-28-23-39(32-48(52)46-26-25-44-43-18-7-6-15-40(43)33-49(44)53(46)55)38-22-27-51-47(31-38)45-19-8-9-20-50(45)54(51)42-24-21-35-13-4-5-14-36(35)30-42/h1-28,30-33H,29H2;1-32H,33H2. The Morgan fingerprint density at radius 2 is 0.555 bits per heavy atom. The number of rotatable bonds is 8. The fourth-order valence-electron chi connectivity index (χ4n) is 18.8. The van der Waals surface area contributed by atoms with Gasteiger partial charge in [-0.15, -0.1) is 0 Å². The van der Waals surface area contributed by atoms with Gasteiger partial charge in [0.15, 0.2) is 0 Å². The third-order valence-electron chi connectivity index (χ3n) is 23.8. The van der Waals surface area contributed by atoms with Crippen LogP contribution in [0.15, 0.2) is 388 Å². The van der Waals surface area contributed by atoms with Crippen LogP contribution in [0.4, 0.5) is 0 Å². The van der Waals surface area contributed by atoms with Crippen molar-refractivity contribution < 1.29 is 0 Å². The Hall–Kier alpha value is -14.3. The molecule has 0 spiro atoms. The first kappa shape index (κ1) is 61.9. The van der Waals surface area contributed by atoms with Crippen LogP contribution in [0.3, 0.4) is 0 Å². The Balaban J connectivity index is 0.000000132. The summed E-state index contributed by atoms with van der Waals surface area (Å²) in [4.78, 5) is 0. The lowest BCUT2D eigenvalue weighted by Crippen LogP contribution is -1.97. The van der Waals surface area contributed by atoms with Gasteiger partial charge < -0.3 is 18.3 Å². The van der Waals surface area contributed by atoms with Crippen LogP contribution in [-0.2, 0) is 12.8 Å². The van der Waals surface area contributed by atoms with E-state index < -0.39 is 0 Å². The van der Waals surface area contributed by atoms with E-state index in [1.165, 1.54) is 221 Å². The first-order valence-electron chi connectivity index (χ1n) is 38.3. The van der Waals surface area contributed by atoms with Gasteiger partial charge in [0.25, 0.3) is 0 Å². The fourth-order valence-corrected chi connectivity index (χ4v) is 18.8. The molecule has 0 unspecified atom stereocenters. The smallest absolute Gasteiger partial charge is 0.0622 e. The van der Waals surface area contributed by atoms with Gasteiger partial charge in [-0.1, -0.05) is 279 Å². The summed E-state index contributed by atoms with van der Waals surface area (Å²) in [5, 5.41) is 15.2. The van der Waals surface area contributed by atoms with Crippen molar-refractivity contribution in [3.8, 4) is 89.5 Å². The molecule has 0 saturated carbocycles. The molecule has 0 fully saturated rings. The summed E-state index contributed by atoms with van der Waals surface area (Å²) in [7, 11) is 0. The maximum atomic E-state index is 2.52. The van der Waals surface area contributed by atoms with Crippen LogP contribution in [0.1, 0.15) is 22.3 Å². The van der Waals surface area contributed by atoms with Crippen LogP contribution in [0, 0.1) is 0 Å². The van der Waals surface area contributed by atoms with E-state index in [1.54, 1.807) is 0 Å². The van der Waals surface area contributed by atoms with Crippen molar-refractivity contribution in [2.45, 2.75) is 12.8 Å². The quantitative estimate of drug-likeness (QED) is 0.144. The van der Waals surface area contributed by atoms with Crippen LogP contribution < -0.4 is 0 Å². The molecule has 0 N–H and O–H groups in total. The Morgan fingerprint density at radius 3 is 1.09 bits per heavy atom. The molecule has 4 nitrogen and oxygen atoms in total. The highest BCUT2D eigenvalue weighted by molar-refractivity contribution is 6.18. The first-order chi connectivity index (χ1) is 54.5. The number of benzene rings is 18. The summed E-state index contributed by atoms with van der Waals surface area (Å²) in [5.41, 5.74) is 35.4. The van der Waals surface area contributed by atoms with Crippen molar-refractivity contribution in [1.29, 1.82) is 0 Å². The molecule has 0 atom stereocenters. The molecule has 18 aromatic carbocycles. The number of hydrogen-bond donors (Lipinski definition) is 0. The minimum absolute atomic E-state index is 0.933. The summed E-state index contributed by atoms with van der Waals surface area (Å²) < 4.78 is 9.87. The molecule has 22 aromatic rings. The second kappa shape index (κ2) is 24.6. The van der Waals surface area contributed by atoms with Crippen molar-refractivity contribution in [2.75, 3.05) is 0 Å². The maximum absolute atomic E-state index is 2.52. The van der Waals surface area contributed by atoms with E-state index in [0.717, 1.165) is 12.8 Å². The van der Waals surface area contributed by atoms with E-state index in [-0.39, 0.29) is 0 Å². The van der Waals surface area contributed by atoms with E-state index in [4.69, 9.17) is 0 Å². The fraction of sp³-hybridized carbons (Fsp3) is 0.0189. The highest BCUT2D eigenvalue weighted by atomic mass is 15.0. The number of fused-ring (bicyclic) bond motifs is 22. The number of para-hydroxylation sites is 2. The molecule has 2 aliphatic carbocycles. The molecule has 110 heavy (non-hydrogen) atoms. The van der Waals surface area contributed by atoms with E-state index in [1.807, 2.05) is 0 Å². The van der Waals surface area contributed by atoms with Gasteiger partial charge in [-0.2, -0.15) is 0 Å². The summed E-state index contributed by atoms with van der Waals surface area (Å²) in [6.45, 7) is 0. The molecule has 0 amide bonds. The lowest BCUT2D eigenvalue weighted by atomic mass is 9.99. The van der Waals surface area contributed by atoms with E-state index >= 15 is 0 Å². The third kappa shape index (κ3) is 9.72. The van der Waals surface area contributed by atoms with Crippen molar-refractivity contribution in [3.63, 3.8) is 0 Å². The van der Waals surface area contributed by atoms with Gasteiger partial charge in [0.2, 0.25) is 0 Å². The van der Waals surface area contributed by atoms with Gasteiger partial charge in [0, 0.05) is 77.8 Å². The van der Waals surface area contributed by atoms with Crippen molar-refractivity contribution in [1.82, 2.24) is 18.3 Å². The van der Waals surface area contributed by atoms with Crippen LogP contribution >= 0.6 is 0 Å². The van der Waals surface area contributed by atoms with E-state index in [9.17, 15) is 0 Å². The third-order valence-corrected chi connectivity index (χ3v) is 23.8. The Morgan fingerprint density at radius 1 is 0.173 bits per heavy atom. The van der Waals surface area contributed by atoms with Crippen LogP contribution in [-0.4, -0.2) is 18.3 Å². The summed E-state index contributed by atoms with van der Waals surface area (Å²) >= 11 is 0. The van der Waals surface area contributed by atoms with Gasteiger partial charge in [-0.25, -0.2) is 0 Å². The largest absolute Gasteiger partial charge is 0.309 e. The minimum atomic E-state index is 0.933. The highest BCUT2D eigenvalue weighted by Gasteiger charge is 2.28. The topological polar surface area (TPSA) is 19.7 Å². The predicted molar refractivity (Wildman–Crippen MR) is 463 cm³/mol. The Kier molecular flexibility index (Phi) is 13.9. The molecular formula is C106H68N4. The van der Waals surface area contributed by atoms with Crippen molar-refractivity contribution in [3.05, 3.63) is 411 Å². The van der Waals surface area contributed by atoms with Crippen molar-refractivity contribution in [2.24, 2.45) is 0 Å². The lowest BCUT2D eigenvalue weighted by Gasteiger charge is -2.13. The van der Waals surface area contributed by atoms with E-state index in [0.29, 0.717) is 0 Å². The van der Waals surface area contributed by atoms with Gasteiger partial charge in [-0.3, -0.25) is 0 Å². The van der Waals surface area contributed by atoms with Gasteiger partial charge in [-0.05, 0) is 221 Å². The molecule has 2 aliphatic rings. The summed E-state index contributed by atoms with van der Waals surface area (Å²) in [6.07, 6.45) is 1.90. The number of nitrogens with zero attached hydrogens (tertiary/aromatic N) is 4. The summed E-state index contributed by atoms with van der Waals surface area (Å²) in [6, 6.07) is 143. The zero-order chi connectivity index (χ0) is 72.1. The van der Waals surface area contributed by atoms with Crippen LogP contribution in [0.2, 0.25) is 0 Å².